The van der Waals surface area contributed by atoms with Gasteiger partial charge in [0.05, 0.1) is 23.4 Å². The van der Waals surface area contributed by atoms with Gasteiger partial charge in [0.2, 0.25) is 0 Å². The maximum atomic E-state index is 12.2. The van der Waals surface area contributed by atoms with Gasteiger partial charge in [0.25, 0.3) is 5.91 Å². The van der Waals surface area contributed by atoms with Crippen molar-refractivity contribution in [1.29, 1.82) is 0 Å². The van der Waals surface area contributed by atoms with E-state index in [4.69, 9.17) is 21.1 Å². The van der Waals surface area contributed by atoms with E-state index in [0.29, 0.717) is 37.6 Å². The minimum atomic E-state index is -0.315. The lowest BCUT2D eigenvalue weighted by Gasteiger charge is -2.14. The van der Waals surface area contributed by atoms with Gasteiger partial charge in [-0.3, -0.25) is 4.79 Å². The van der Waals surface area contributed by atoms with Crippen molar-refractivity contribution in [2.75, 3.05) is 7.11 Å². The average Bonchev–Trinajstić information content (AvgIpc) is 2.74. The van der Waals surface area contributed by atoms with Crippen LogP contribution in [0.15, 0.2) is 74.7 Å². The van der Waals surface area contributed by atoms with E-state index in [1.165, 1.54) is 6.21 Å². The number of hydrogen-bond donors (Lipinski definition) is 1. The number of amides is 1. The topological polar surface area (TPSA) is 59.9 Å². The van der Waals surface area contributed by atoms with Crippen LogP contribution < -0.4 is 14.9 Å². The molecule has 0 saturated carbocycles. The molecule has 3 rings (SSSR count). The first kappa shape index (κ1) is 22.3. The molecule has 0 aliphatic heterocycles. The Kier molecular flexibility index (Phi) is 7.90. The predicted molar refractivity (Wildman–Crippen MR) is 126 cm³/mol. The summed E-state index contributed by atoms with van der Waals surface area (Å²) in [5.41, 5.74) is 4.60. The first-order valence-electron chi connectivity index (χ1n) is 8.81. The Morgan fingerprint density at radius 1 is 1.10 bits per heavy atom. The molecule has 0 spiro atoms. The van der Waals surface area contributed by atoms with Crippen LogP contribution in [-0.4, -0.2) is 19.2 Å². The van der Waals surface area contributed by atoms with Crippen LogP contribution in [0.1, 0.15) is 21.5 Å². The van der Waals surface area contributed by atoms with Crippen molar-refractivity contribution in [3.05, 3.63) is 91.3 Å². The third-order valence-corrected chi connectivity index (χ3v) is 5.73. The van der Waals surface area contributed by atoms with Gasteiger partial charge in [-0.1, -0.05) is 41.9 Å². The quantitative estimate of drug-likeness (QED) is 0.280. The molecule has 0 atom stereocenters. The molecular weight excluding hydrogens is 536 g/mol. The van der Waals surface area contributed by atoms with Gasteiger partial charge < -0.3 is 9.47 Å². The fourth-order valence-electron chi connectivity index (χ4n) is 2.59. The second-order valence-corrected chi connectivity index (χ2v) is 8.21. The summed E-state index contributed by atoms with van der Waals surface area (Å²) in [6, 6.07) is 18.2. The van der Waals surface area contributed by atoms with E-state index in [-0.39, 0.29) is 5.91 Å². The number of hydrazone groups is 1. The number of rotatable bonds is 7. The van der Waals surface area contributed by atoms with Crippen molar-refractivity contribution in [3.8, 4) is 11.5 Å². The molecule has 0 saturated heterocycles. The Hall–Kier alpha value is -2.35. The van der Waals surface area contributed by atoms with E-state index >= 15 is 0 Å². The normalized spacial score (nSPS) is 10.8. The number of carbonyl (C=O) groups is 1. The minimum Gasteiger partial charge on any atom is -0.493 e. The Labute approximate surface area is 196 Å². The zero-order valence-corrected chi connectivity index (χ0v) is 19.8. The zero-order valence-electron chi connectivity index (χ0n) is 15.9. The molecule has 3 aromatic carbocycles. The highest BCUT2D eigenvalue weighted by Crippen LogP contribution is 2.37. The van der Waals surface area contributed by atoms with E-state index in [1.54, 1.807) is 31.4 Å². The highest BCUT2D eigenvalue weighted by Gasteiger charge is 2.13. The molecular formula is C22H17Br2ClN2O3. The smallest absolute Gasteiger partial charge is 0.272 e. The molecule has 8 heteroatoms. The van der Waals surface area contributed by atoms with Gasteiger partial charge in [-0.15, -0.1) is 0 Å². The van der Waals surface area contributed by atoms with Crippen molar-refractivity contribution in [1.82, 2.24) is 5.43 Å². The third-order valence-electron chi connectivity index (χ3n) is 4.08. The minimum absolute atomic E-state index is 0.296. The largest absolute Gasteiger partial charge is 0.493 e. The lowest BCUT2D eigenvalue weighted by molar-refractivity contribution is 0.0954. The van der Waals surface area contributed by atoms with Crippen LogP contribution >= 0.6 is 43.5 Å². The Bertz CT molecular complexity index is 1090. The van der Waals surface area contributed by atoms with E-state index in [9.17, 15) is 4.79 Å². The van der Waals surface area contributed by atoms with Crippen LogP contribution in [0.2, 0.25) is 5.02 Å². The molecule has 5 nitrogen and oxygen atoms in total. The molecule has 0 aromatic heterocycles. The number of benzene rings is 3. The molecule has 0 unspecified atom stereocenters. The molecule has 3 aromatic rings. The first-order valence-corrected chi connectivity index (χ1v) is 10.8. The standard InChI is InChI=1S/C22H17Br2ClN2O3/c1-29-20-11-14(12-26-27-22(28)16-7-3-4-8-17(16)23)10-18(24)21(20)30-13-15-6-2-5-9-19(15)25/h2-12H,13H2,1H3,(H,27,28)/b26-12-. The molecule has 30 heavy (non-hydrogen) atoms. The van der Waals surface area contributed by atoms with Gasteiger partial charge in [-0.2, -0.15) is 5.10 Å². The Morgan fingerprint density at radius 2 is 1.83 bits per heavy atom. The molecule has 1 N–H and O–H groups in total. The molecule has 0 fully saturated rings. The fraction of sp³-hybridized carbons (Fsp3) is 0.0909. The molecule has 0 bridgehead atoms. The third kappa shape index (κ3) is 5.62. The molecule has 0 aliphatic carbocycles. The summed E-state index contributed by atoms with van der Waals surface area (Å²) in [4.78, 5) is 12.2. The highest BCUT2D eigenvalue weighted by atomic mass is 79.9. The van der Waals surface area contributed by atoms with E-state index in [2.05, 4.69) is 42.4 Å². The van der Waals surface area contributed by atoms with Crippen LogP contribution in [0.4, 0.5) is 0 Å². The van der Waals surface area contributed by atoms with Crippen molar-refractivity contribution in [2.45, 2.75) is 6.61 Å². The van der Waals surface area contributed by atoms with Gasteiger partial charge >= 0.3 is 0 Å². The Morgan fingerprint density at radius 3 is 2.57 bits per heavy atom. The van der Waals surface area contributed by atoms with Crippen LogP contribution in [-0.2, 0) is 6.61 Å². The molecule has 154 valence electrons. The number of halogens is 3. The van der Waals surface area contributed by atoms with Gasteiger partial charge in [0.15, 0.2) is 11.5 Å². The maximum Gasteiger partial charge on any atom is 0.272 e. The molecule has 0 radical (unpaired) electrons. The highest BCUT2D eigenvalue weighted by molar-refractivity contribution is 9.10. The van der Waals surface area contributed by atoms with Crippen molar-refractivity contribution < 1.29 is 14.3 Å². The summed E-state index contributed by atoms with van der Waals surface area (Å²) >= 11 is 13.0. The summed E-state index contributed by atoms with van der Waals surface area (Å²) in [6.07, 6.45) is 1.53. The van der Waals surface area contributed by atoms with Crippen LogP contribution in [0.25, 0.3) is 0 Å². The van der Waals surface area contributed by atoms with Crippen molar-refractivity contribution in [3.63, 3.8) is 0 Å². The monoisotopic (exact) mass is 550 g/mol. The second kappa shape index (κ2) is 10.6. The van der Waals surface area contributed by atoms with Gasteiger partial charge in [-0.05, 0) is 67.8 Å². The Balaban J connectivity index is 1.72. The van der Waals surface area contributed by atoms with Crippen LogP contribution in [0.3, 0.4) is 0 Å². The summed E-state index contributed by atoms with van der Waals surface area (Å²) in [5.74, 6) is 0.756. The molecule has 0 aliphatic rings. The van der Waals surface area contributed by atoms with Gasteiger partial charge in [0.1, 0.15) is 6.61 Å². The second-order valence-electron chi connectivity index (χ2n) is 6.09. The lowest BCUT2D eigenvalue weighted by atomic mass is 10.2. The lowest BCUT2D eigenvalue weighted by Crippen LogP contribution is -2.18. The number of methoxy groups -OCH3 is 1. The number of nitrogens with one attached hydrogen (secondary N) is 1. The summed E-state index contributed by atoms with van der Waals surface area (Å²) in [6.45, 7) is 0.296. The number of ether oxygens (including phenoxy) is 2. The molecule has 0 heterocycles. The summed E-state index contributed by atoms with van der Waals surface area (Å²) < 4.78 is 12.8. The van der Waals surface area contributed by atoms with E-state index in [1.807, 2.05) is 36.4 Å². The predicted octanol–water partition coefficient (Wildman–Crippen LogP) is 6.22. The van der Waals surface area contributed by atoms with Crippen molar-refractivity contribution >= 4 is 55.6 Å². The summed E-state index contributed by atoms with van der Waals surface area (Å²) in [7, 11) is 1.56. The maximum absolute atomic E-state index is 12.2. The van der Waals surface area contributed by atoms with Crippen LogP contribution in [0, 0.1) is 0 Å². The van der Waals surface area contributed by atoms with Crippen molar-refractivity contribution in [2.24, 2.45) is 5.10 Å². The molecule has 1 amide bonds. The van der Waals surface area contributed by atoms with Gasteiger partial charge in [0, 0.05) is 15.1 Å². The van der Waals surface area contributed by atoms with Gasteiger partial charge in [-0.25, -0.2) is 5.43 Å². The summed E-state index contributed by atoms with van der Waals surface area (Å²) in [5, 5.41) is 4.67. The van der Waals surface area contributed by atoms with E-state index < -0.39 is 0 Å². The van der Waals surface area contributed by atoms with E-state index in [0.717, 1.165) is 11.1 Å². The SMILES string of the molecule is COc1cc(/C=N\NC(=O)c2ccccc2Br)cc(Br)c1OCc1ccccc1Cl. The van der Waals surface area contributed by atoms with Crippen LogP contribution in [0.5, 0.6) is 11.5 Å². The zero-order chi connectivity index (χ0) is 21.5. The number of nitrogens with zero attached hydrogens (tertiary/aromatic N) is 1. The number of hydrogen-bond acceptors (Lipinski definition) is 4. The fourth-order valence-corrected chi connectivity index (χ4v) is 3.82. The average molecular weight is 553 g/mol. The number of carbonyl (C=O) groups excluding carboxylic acids is 1. The first-order chi connectivity index (χ1) is 14.5.